The smallest absolute Gasteiger partial charge is 0.0178 e. The SMILES string of the molecule is N=C=Cc1ccc(CN)cc1. The molecule has 0 bridgehead atoms. The van der Waals surface area contributed by atoms with Gasteiger partial charge in [0, 0.05) is 12.6 Å². The van der Waals surface area contributed by atoms with Crippen LogP contribution in [-0.2, 0) is 6.54 Å². The first-order valence-electron chi connectivity index (χ1n) is 3.41. The van der Waals surface area contributed by atoms with Crippen molar-refractivity contribution < 1.29 is 0 Å². The summed E-state index contributed by atoms with van der Waals surface area (Å²) < 4.78 is 0. The van der Waals surface area contributed by atoms with Crippen molar-refractivity contribution in [3.8, 4) is 0 Å². The van der Waals surface area contributed by atoms with E-state index >= 15 is 0 Å². The van der Waals surface area contributed by atoms with Gasteiger partial charge in [0.25, 0.3) is 0 Å². The summed E-state index contributed by atoms with van der Waals surface area (Å²) in [5, 5.41) is 6.71. The molecule has 2 heteroatoms. The lowest BCUT2D eigenvalue weighted by atomic mass is 10.1. The van der Waals surface area contributed by atoms with Gasteiger partial charge in [-0.25, -0.2) is 0 Å². The highest BCUT2D eigenvalue weighted by Crippen LogP contribution is 2.03. The van der Waals surface area contributed by atoms with Gasteiger partial charge >= 0.3 is 0 Å². The van der Waals surface area contributed by atoms with Crippen LogP contribution in [0, 0.1) is 5.41 Å². The van der Waals surface area contributed by atoms with E-state index in [0.29, 0.717) is 6.54 Å². The zero-order valence-corrected chi connectivity index (χ0v) is 6.17. The fourth-order valence-electron chi connectivity index (χ4n) is 0.833. The Morgan fingerprint density at radius 1 is 1.36 bits per heavy atom. The average molecular weight is 146 g/mol. The molecule has 3 N–H and O–H groups in total. The van der Waals surface area contributed by atoms with Crippen LogP contribution >= 0.6 is 0 Å². The van der Waals surface area contributed by atoms with Crippen molar-refractivity contribution in [3.05, 3.63) is 35.4 Å². The number of nitrogens with two attached hydrogens (primary N) is 1. The first-order chi connectivity index (χ1) is 5.36. The first-order valence-corrected chi connectivity index (χ1v) is 3.41. The fourth-order valence-corrected chi connectivity index (χ4v) is 0.833. The third-order valence-electron chi connectivity index (χ3n) is 1.45. The molecule has 0 atom stereocenters. The summed E-state index contributed by atoms with van der Waals surface area (Å²) in [6.45, 7) is 0.564. The van der Waals surface area contributed by atoms with Crippen molar-refractivity contribution in [2.45, 2.75) is 6.54 Å². The van der Waals surface area contributed by atoms with E-state index < -0.39 is 0 Å². The molecule has 0 spiro atoms. The van der Waals surface area contributed by atoms with E-state index in [4.69, 9.17) is 11.1 Å². The van der Waals surface area contributed by atoms with Crippen molar-refractivity contribution in [1.29, 1.82) is 5.41 Å². The van der Waals surface area contributed by atoms with E-state index in [1.165, 1.54) is 0 Å². The Morgan fingerprint density at radius 3 is 2.45 bits per heavy atom. The molecule has 0 heterocycles. The minimum absolute atomic E-state index is 0.564. The third-order valence-corrected chi connectivity index (χ3v) is 1.45. The molecule has 0 unspecified atom stereocenters. The molecule has 0 aliphatic carbocycles. The van der Waals surface area contributed by atoms with Crippen LogP contribution in [0.1, 0.15) is 11.1 Å². The van der Waals surface area contributed by atoms with Gasteiger partial charge in [-0.3, -0.25) is 5.41 Å². The molecular weight excluding hydrogens is 136 g/mol. The number of hydrogen-bond acceptors (Lipinski definition) is 2. The van der Waals surface area contributed by atoms with Gasteiger partial charge in [-0.2, -0.15) is 0 Å². The van der Waals surface area contributed by atoms with Crippen LogP contribution in [0.2, 0.25) is 0 Å². The molecule has 0 aliphatic heterocycles. The second-order valence-electron chi connectivity index (χ2n) is 2.23. The van der Waals surface area contributed by atoms with Gasteiger partial charge in [0.2, 0.25) is 0 Å². The minimum Gasteiger partial charge on any atom is -0.326 e. The van der Waals surface area contributed by atoms with Gasteiger partial charge in [0.1, 0.15) is 0 Å². The highest BCUT2D eigenvalue weighted by Gasteiger charge is 1.87. The zero-order chi connectivity index (χ0) is 8.10. The molecule has 0 saturated heterocycles. The van der Waals surface area contributed by atoms with E-state index in [2.05, 4.69) is 5.87 Å². The molecule has 0 fully saturated rings. The molecule has 1 aromatic carbocycles. The van der Waals surface area contributed by atoms with E-state index in [0.717, 1.165) is 11.1 Å². The van der Waals surface area contributed by atoms with Gasteiger partial charge in [-0.15, -0.1) is 0 Å². The molecular formula is C9H10N2. The summed E-state index contributed by atoms with van der Waals surface area (Å²) in [6.07, 6.45) is 1.61. The Balaban J connectivity index is 2.91. The lowest BCUT2D eigenvalue weighted by Gasteiger charge is -1.95. The number of nitrogens with one attached hydrogen (secondary N) is 1. The molecule has 2 nitrogen and oxygen atoms in total. The molecule has 11 heavy (non-hydrogen) atoms. The van der Waals surface area contributed by atoms with Gasteiger partial charge in [-0.05, 0) is 17.0 Å². The highest BCUT2D eigenvalue weighted by molar-refractivity contribution is 5.75. The molecule has 1 rings (SSSR count). The van der Waals surface area contributed by atoms with E-state index in [9.17, 15) is 0 Å². The normalized spacial score (nSPS) is 8.82. The largest absolute Gasteiger partial charge is 0.326 e. The number of rotatable bonds is 2. The summed E-state index contributed by atoms with van der Waals surface area (Å²) in [5.41, 5.74) is 7.50. The lowest BCUT2D eigenvalue weighted by Crippen LogP contribution is -1.94. The molecule has 56 valence electrons. The molecule has 0 aromatic heterocycles. The molecule has 0 saturated carbocycles. The maximum Gasteiger partial charge on any atom is 0.0178 e. The second kappa shape index (κ2) is 3.71. The summed E-state index contributed by atoms with van der Waals surface area (Å²) in [5.74, 6) is 2.22. The summed E-state index contributed by atoms with van der Waals surface area (Å²) in [6, 6.07) is 7.74. The lowest BCUT2D eigenvalue weighted by molar-refractivity contribution is 1.07. The zero-order valence-electron chi connectivity index (χ0n) is 6.17. The topological polar surface area (TPSA) is 49.9 Å². The van der Waals surface area contributed by atoms with Crippen LogP contribution < -0.4 is 5.73 Å². The van der Waals surface area contributed by atoms with Crippen molar-refractivity contribution in [1.82, 2.24) is 0 Å². The molecule has 0 aliphatic rings. The van der Waals surface area contributed by atoms with Crippen LogP contribution in [-0.4, -0.2) is 5.87 Å². The van der Waals surface area contributed by atoms with Crippen molar-refractivity contribution in [2.24, 2.45) is 5.73 Å². The standard InChI is InChI=1S/C9H10N2/c10-6-5-8-1-3-9(7-11)4-2-8/h1-5,10H,7,11H2. The van der Waals surface area contributed by atoms with Crippen molar-refractivity contribution in [3.63, 3.8) is 0 Å². The maximum atomic E-state index is 6.71. The van der Waals surface area contributed by atoms with Gasteiger partial charge in [0.15, 0.2) is 0 Å². The monoisotopic (exact) mass is 146 g/mol. The van der Waals surface area contributed by atoms with Gasteiger partial charge < -0.3 is 5.73 Å². The Morgan fingerprint density at radius 2 is 2.00 bits per heavy atom. The molecule has 0 radical (unpaired) electrons. The van der Waals surface area contributed by atoms with Crippen LogP contribution in [0.25, 0.3) is 6.08 Å². The van der Waals surface area contributed by atoms with E-state index in [1.54, 1.807) is 6.08 Å². The van der Waals surface area contributed by atoms with Gasteiger partial charge in [-0.1, -0.05) is 24.3 Å². The molecule has 0 amide bonds. The van der Waals surface area contributed by atoms with Crippen molar-refractivity contribution >= 4 is 11.9 Å². The van der Waals surface area contributed by atoms with Crippen molar-refractivity contribution in [2.75, 3.05) is 0 Å². The van der Waals surface area contributed by atoms with E-state index in [-0.39, 0.29) is 0 Å². The van der Waals surface area contributed by atoms with Gasteiger partial charge in [0.05, 0.1) is 0 Å². The third kappa shape index (κ3) is 2.04. The summed E-state index contributed by atoms with van der Waals surface area (Å²) >= 11 is 0. The average Bonchev–Trinajstić information content (AvgIpc) is 2.07. The highest BCUT2D eigenvalue weighted by atomic mass is 14.5. The number of hydrogen-bond donors (Lipinski definition) is 2. The van der Waals surface area contributed by atoms with Crippen LogP contribution in [0.5, 0.6) is 0 Å². The Kier molecular flexibility index (Phi) is 2.61. The summed E-state index contributed by atoms with van der Waals surface area (Å²) in [7, 11) is 0. The van der Waals surface area contributed by atoms with Crippen LogP contribution in [0.15, 0.2) is 24.3 Å². The van der Waals surface area contributed by atoms with Crippen LogP contribution in [0.3, 0.4) is 0 Å². The Labute approximate surface area is 65.9 Å². The Bertz CT molecular complexity index is 268. The predicted octanol–water partition coefficient (Wildman–Crippen LogP) is 1.41. The van der Waals surface area contributed by atoms with E-state index in [1.807, 2.05) is 24.3 Å². The minimum atomic E-state index is 0.564. The first kappa shape index (κ1) is 7.73. The fraction of sp³-hybridized carbons (Fsp3) is 0.111. The summed E-state index contributed by atoms with van der Waals surface area (Å²) in [4.78, 5) is 0. The second-order valence-corrected chi connectivity index (χ2v) is 2.23. The molecule has 1 aromatic rings. The predicted molar refractivity (Wildman–Crippen MR) is 46.5 cm³/mol. The van der Waals surface area contributed by atoms with Crippen LogP contribution in [0.4, 0.5) is 0 Å². The number of benzene rings is 1. The quantitative estimate of drug-likeness (QED) is 0.609. The Hall–Kier alpha value is -1.37. The maximum absolute atomic E-state index is 6.71.